The molecule has 1 heterocycles. The summed E-state index contributed by atoms with van der Waals surface area (Å²) in [5.74, 6) is -0.611. The fraction of sp³-hybridized carbons (Fsp3) is 0.167. The zero-order chi connectivity index (χ0) is 22.6. The highest BCUT2D eigenvalue weighted by molar-refractivity contribution is 7.89. The lowest BCUT2D eigenvalue weighted by atomic mass is 10.1. The first kappa shape index (κ1) is 21.7. The molecule has 164 valence electrons. The van der Waals surface area contributed by atoms with E-state index in [1.54, 1.807) is 60.7 Å². The van der Waals surface area contributed by atoms with Gasteiger partial charge in [0.15, 0.2) is 0 Å². The fourth-order valence-corrected chi connectivity index (χ4v) is 5.08. The monoisotopic (exact) mass is 449 g/mol. The van der Waals surface area contributed by atoms with Crippen molar-refractivity contribution < 1.29 is 18.0 Å². The molecule has 0 aromatic heterocycles. The van der Waals surface area contributed by atoms with E-state index < -0.39 is 10.0 Å². The van der Waals surface area contributed by atoms with Crippen LogP contribution in [0.5, 0.6) is 0 Å². The third-order valence-corrected chi connectivity index (χ3v) is 7.13. The Morgan fingerprint density at radius 3 is 1.94 bits per heavy atom. The largest absolute Gasteiger partial charge is 0.322 e. The number of sulfonamides is 1. The SMILES string of the molecule is O=C(Nc1ccc(C(=O)Nc2cccc(S(=O)(=O)N3CCCC3)c2)cc1)c1ccccc1. The van der Waals surface area contributed by atoms with E-state index in [4.69, 9.17) is 0 Å². The average Bonchev–Trinajstić information content (AvgIpc) is 3.36. The summed E-state index contributed by atoms with van der Waals surface area (Å²) in [6, 6.07) is 21.6. The number of carbonyl (C=O) groups is 2. The molecule has 0 spiro atoms. The summed E-state index contributed by atoms with van der Waals surface area (Å²) in [6.45, 7) is 1.04. The lowest BCUT2D eigenvalue weighted by Crippen LogP contribution is -2.27. The minimum atomic E-state index is -3.56. The van der Waals surface area contributed by atoms with Crippen LogP contribution in [0.4, 0.5) is 11.4 Å². The third-order valence-electron chi connectivity index (χ3n) is 5.24. The van der Waals surface area contributed by atoms with E-state index >= 15 is 0 Å². The van der Waals surface area contributed by atoms with Crippen molar-refractivity contribution in [3.8, 4) is 0 Å². The van der Waals surface area contributed by atoms with Crippen molar-refractivity contribution in [1.29, 1.82) is 0 Å². The number of amides is 2. The number of nitrogens with one attached hydrogen (secondary N) is 2. The number of anilines is 2. The predicted molar refractivity (Wildman–Crippen MR) is 123 cm³/mol. The molecule has 2 amide bonds. The van der Waals surface area contributed by atoms with Crippen LogP contribution in [-0.4, -0.2) is 37.6 Å². The lowest BCUT2D eigenvalue weighted by Gasteiger charge is -2.16. The second kappa shape index (κ2) is 9.33. The van der Waals surface area contributed by atoms with Crippen molar-refractivity contribution in [2.24, 2.45) is 0 Å². The molecule has 1 aliphatic rings. The van der Waals surface area contributed by atoms with Gasteiger partial charge in [-0.3, -0.25) is 9.59 Å². The molecule has 4 rings (SSSR count). The molecule has 1 fully saturated rings. The Kier molecular flexibility index (Phi) is 6.34. The third kappa shape index (κ3) is 4.87. The maximum Gasteiger partial charge on any atom is 0.255 e. The molecule has 0 aliphatic carbocycles. The van der Waals surface area contributed by atoms with Crippen LogP contribution in [0.2, 0.25) is 0 Å². The molecule has 32 heavy (non-hydrogen) atoms. The van der Waals surface area contributed by atoms with Gasteiger partial charge in [-0.05, 0) is 67.4 Å². The van der Waals surface area contributed by atoms with Crippen LogP contribution < -0.4 is 10.6 Å². The molecule has 0 atom stereocenters. The predicted octanol–water partition coefficient (Wildman–Crippen LogP) is 3.98. The van der Waals surface area contributed by atoms with E-state index in [-0.39, 0.29) is 16.7 Å². The van der Waals surface area contributed by atoms with Crippen LogP contribution in [0.3, 0.4) is 0 Å². The second-order valence-corrected chi connectivity index (χ2v) is 9.43. The van der Waals surface area contributed by atoms with Crippen LogP contribution >= 0.6 is 0 Å². The van der Waals surface area contributed by atoms with Gasteiger partial charge < -0.3 is 10.6 Å². The van der Waals surface area contributed by atoms with Crippen LogP contribution in [-0.2, 0) is 10.0 Å². The van der Waals surface area contributed by atoms with Crippen molar-refractivity contribution in [2.75, 3.05) is 23.7 Å². The molecule has 3 aromatic rings. The fourth-order valence-electron chi connectivity index (χ4n) is 3.51. The van der Waals surface area contributed by atoms with E-state index in [1.807, 2.05) is 6.07 Å². The Balaban J connectivity index is 1.42. The summed E-state index contributed by atoms with van der Waals surface area (Å²) in [7, 11) is -3.56. The van der Waals surface area contributed by atoms with Crippen LogP contribution in [0, 0.1) is 0 Å². The van der Waals surface area contributed by atoms with Crippen molar-refractivity contribution >= 4 is 33.2 Å². The van der Waals surface area contributed by atoms with E-state index in [1.165, 1.54) is 16.4 Å². The van der Waals surface area contributed by atoms with Crippen molar-refractivity contribution in [3.63, 3.8) is 0 Å². The van der Waals surface area contributed by atoms with Gasteiger partial charge in [0.25, 0.3) is 11.8 Å². The van der Waals surface area contributed by atoms with E-state index in [0.717, 1.165) is 12.8 Å². The molecule has 7 nitrogen and oxygen atoms in total. The van der Waals surface area contributed by atoms with Gasteiger partial charge in [0.2, 0.25) is 10.0 Å². The maximum absolute atomic E-state index is 12.7. The Bertz CT molecular complexity index is 1220. The number of nitrogens with zero attached hydrogens (tertiary/aromatic N) is 1. The van der Waals surface area contributed by atoms with Crippen molar-refractivity contribution in [1.82, 2.24) is 4.31 Å². The summed E-state index contributed by atoms with van der Waals surface area (Å²) >= 11 is 0. The number of rotatable bonds is 6. The van der Waals surface area contributed by atoms with E-state index in [2.05, 4.69) is 10.6 Å². The topological polar surface area (TPSA) is 95.6 Å². The first-order chi connectivity index (χ1) is 15.4. The smallest absolute Gasteiger partial charge is 0.255 e. The van der Waals surface area contributed by atoms with Gasteiger partial charge in [-0.15, -0.1) is 0 Å². The normalized spacial score (nSPS) is 14.1. The Morgan fingerprint density at radius 1 is 0.688 bits per heavy atom. The van der Waals surface area contributed by atoms with Gasteiger partial charge in [-0.2, -0.15) is 4.31 Å². The van der Waals surface area contributed by atoms with E-state index in [0.29, 0.717) is 35.6 Å². The maximum atomic E-state index is 12.7. The van der Waals surface area contributed by atoms with Crippen LogP contribution in [0.15, 0.2) is 83.8 Å². The summed E-state index contributed by atoms with van der Waals surface area (Å²) in [5, 5.41) is 5.52. The van der Waals surface area contributed by atoms with Gasteiger partial charge in [0.1, 0.15) is 0 Å². The molecule has 0 unspecified atom stereocenters. The molecule has 1 saturated heterocycles. The minimum Gasteiger partial charge on any atom is -0.322 e. The first-order valence-electron chi connectivity index (χ1n) is 10.3. The summed E-state index contributed by atoms with van der Waals surface area (Å²) < 4.78 is 27.0. The standard InChI is InChI=1S/C24H23N3O4S/c28-23(18-7-2-1-3-8-18)25-20-13-11-19(12-14-20)24(29)26-21-9-6-10-22(17-21)32(30,31)27-15-4-5-16-27/h1-3,6-14,17H,4-5,15-16H2,(H,25,28)(H,26,29). The van der Waals surface area contributed by atoms with Crippen LogP contribution in [0.1, 0.15) is 33.6 Å². The molecular weight excluding hydrogens is 426 g/mol. The summed E-state index contributed by atoms with van der Waals surface area (Å²) in [4.78, 5) is 25.0. The average molecular weight is 450 g/mol. The molecular formula is C24H23N3O4S. The minimum absolute atomic E-state index is 0.163. The lowest BCUT2D eigenvalue weighted by molar-refractivity contribution is 0.102. The quantitative estimate of drug-likeness (QED) is 0.595. The Morgan fingerprint density at radius 2 is 1.28 bits per heavy atom. The van der Waals surface area contributed by atoms with E-state index in [9.17, 15) is 18.0 Å². The van der Waals surface area contributed by atoms with Crippen LogP contribution in [0.25, 0.3) is 0 Å². The van der Waals surface area contributed by atoms with Gasteiger partial charge in [0.05, 0.1) is 4.90 Å². The van der Waals surface area contributed by atoms with Crippen molar-refractivity contribution in [2.45, 2.75) is 17.7 Å². The van der Waals surface area contributed by atoms with Gasteiger partial charge in [-0.1, -0.05) is 24.3 Å². The molecule has 3 aromatic carbocycles. The zero-order valence-corrected chi connectivity index (χ0v) is 18.1. The number of carbonyl (C=O) groups excluding carboxylic acids is 2. The number of benzene rings is 3. The Labute approximate surface area is 187 Å². The van der Waals surface area contributed by atoms with Gasteiger partial charge >= 0.3 is 0 Å². The highest BCUT2D eigenvalue weighted by Gasteiger charge is 2.27. The number of hydrogen-bond acceptors (Lipinski definition) is 4. The highest BCUT2D eigenvalue weighted by Crippen LogP contribution is 2.23. The molecule has 0 bridgehead atoms. The van der Waals surface area contributed by atoms with Gasteiger partial charge in [-0.25, -0.2) is 8.42 Å². The zero-order valence-electron chi connectivity index (χ0n) is 17.3. The molecule has 8 heteroatoms. The molecule has 0 saturated carbocycles. The molecule has 1 aliphatic heterocycles. The second-order valence-electron chi connectivity index (χ2n) is 7.49. The first-order valence-corrected chi connectivity index (χ1v) is 11.8. The van der Waals surface area contributed by atoms with Crippen molar-refractivity contribution in [3.05, 3.63) is 90.0 Å². The number of hydrogen-bond donors (Lipinski definition) is 2. The van der Waals surface area contributed by atoms with Gasteiger partial charge in [0, 0.05) is 35.6 Å². The summed E-state index contributed by atoms with van der Waals surface area (Å²) in [5.41, 5.74) is 1.89. The summed E-state index contributed by atoms with van der Waals surface area (Å²) in [6.07, 6.45) is 1.72. The highest BCUT2D eigenvalue weighted by atomic mass is 32.2. The molecule has 0 radical (unpaired) electrons. The molecule has 2 N–H and O–H groups in total. The Hall–Kier alpha value is -3.49.